The van der Waals surface area contributed by atoms with E-state index in [9.17, 15) is 14.4 Å². The van der Waals surface area contributed by atoms with Gasteiger partial charge >= 0.3 is 17.9 Å². The van der Waals surface area contributed by atoms with E-state index in [-0.39, 0.29) is 19.3 Å². The maximum absolute atomic E-state index is 11.4. The summed E-state index contributed by atoms with van der Waals surface area (Å²) in [7, 11) is 0. The first-order valence-corrected chi connectivity index (χ1v) is 7.69. The molecule has 3 N–H and O–H groups in total. The smallest absolute Gasteiger partial charge is 0.320 e. The number of hydrogen-bond acceptors (Lipinski definition) is 5. The molecule has 0 aromatic heterocycles. The predicted molar refractivity (Wildman–Crippen MR) is 78.6 cm³/mol. The van der Waals surface area contributed by atoms with Crippen molar-refractivity contribution in [2.45, 2.75) is 77.2 Å². The molecule has 0 aliphatic rings. The first-order valence-electron chi connectivity index (χ1n) is 7.69. The van der Waals surface area contributed by atoms with E-state index in [2.05, 4.69) is 11.7 Å². The zero-order chi connectivity index (χ0) is 16.1. The molecule has 6 heteroatoms. The molecule has 0 radical (unpaired) electrons. The Labute approximate surface area is 126 Å². The van der Waals surface area contributed by atoms with Crippen molar-refractivity contribution in [3.63, 3.8) is 0 Å². The van der Waals surface area contributed by atoms with Crippen molar-refractivity contribution < 1.29 is 24.2 Å². The van der Waals surface area contributed by atoms with E-state index >= 15 is 0 Å². The number of hydrogen-bond donors (Lipinski definition) is 2. The Hall–Kier alpha value is -1.43. The molecule has 0 saturated carbocycles. The standard InChI is InChI=1S/C15H27NO5/c1-2-3-4-5-6-7-8-9-13(17)21-14(18)11-10-12(16)15(19)20/h12H,2-11,16H2,1H3,(H,19,20)/t12-/m0/s1. The van der Waals surface area contributed by atoms with Gasteiger partial charge in [0, 0.05) is 12.8 Å². The Morgan fingerprint density at radius 1 is 0.952 bits per heavy atom. The number of carboxylic acids is 1. The first kappa shape index (κ1) is 19.6. The lowest BCUT2D eigenvalue weighted by atomic mass is 10.1. The summed E-state index contributed by atoms with van der Waals surface area (Å²) in [6.07, 6.45) is 7.66. The summed E-state index contributed by atoms with van der Waals surface area (Å²) in [6, 6.07) is -1.10. The molecule has 6 nitrogen and oxygen atoms in total. The van der Waals surface area contributed by atoms with Crippen molar-refractivity contribution in [3.8, 4) is 0 Å². The van der Waals surface area contributed by atoms with Gasteiger partial charge in [0.05, 0.1) is 0 Å². The van der Waals surface area contributed by atoms with Crippen LogP contribution in [0.2, 0.25) is 0 Å². The van der Waals surface area contributed by atoms with Gasteiger partial charge in [0.2, 0.25) is 0 Å². The number of nitrogens with two attached hydrogens (primary N) is 1. The van der Waals surface area contributed by atoms with Crippen LogP contribution in [0.5, 0.6) is 0 Å². The van der Waals surface area contributed by atoms with Crippen molar-refractivity contribution in [3.05, 3.63) is 0 Å². The van der Waals surface area contributed by atoms with Gasteiger partial charge in [0.1, 0.15) is 6.04 Å². The van der Waals surface area contributed by atoms with Crippen LogP contribution < -0.4 is 5.73 Å². The predicted octanol–water partition coefficient (Wildman–Crippen LogP) is 2.39. The monoisotopic (exact) mass is 301 g/mol. The molecule has 0 saturated heterocycles. The second-order valence-corrected chi connectivity index (χ2v) is 5.20. The molecule has 0 heterocycles. The molecule has 0 rings (SSSR count). The van der Waals surface area contributed by atoms with E-state index in [1.165, 1.54) is 25.7 Å². The lowest BCUT2D eigenvalue weighted by Gasteiger charge is -2.06. The van der Waals surface area contributed by atoms with E-state index in [0.29, 0.717) is 6.42 Å². The molecular formula is C15H27NO5. The van der Waals surface area contributed by atoms with E-state index in [0.717, 1.165) is 12.8 Å². The summed E-state index contributed by atoms with van der Waals surface area (Å²) in [5, 5.41) is 8.55. The van der Waals surface area contributed by atoms with Crippen molar-refractivity contribution in [2.24, 2.45) is 5.73 Å². The number of carboxylic acid groups (broad SMARTS) is 1. The average Bonchev–Trinajstić information content (AvgIpc) is 2.43. The second kappa shape index (κ2) is 12.3. The van der Waals surface area contributed by atoms with Crippen molar-refractivity contribution in [1.82, 2.24) is 0 Å². The quantitative estimate of drug-likeness (QED) is 0.325. The third kappa shape index (κ3) is 12.1. The Balaban J connectivity index is 3.56. The van der Waals surface area contributed by atoms with E-state index in [1.54, 1.807) is 0 Å². The van der Waals surface area contributed by atoms with Gasteiger partial charge in [0.25, 0.3) is 0 Å². The van der Waals surface area contributed by atoms with Crippen molar-refractivity contribution in [2.75, 3.05) is 0 Å². The van der Waals surface area contributed by atoms with Crippen LogP contribution in [0, 0.1) is 0 Å². The number of carbonyl (C=O) groups is 3. The summed E-state index contributed by atoms with van der Waals surface area (Å²) in [5.41, 5.74) is 5.25. The molecule has 0 aromatic carbocycles. The summed E-state index contributed by atoms with van der Waals surface area (Å²) < 4.78 is 4.60. The van der Waals surface area contributed by atoms with Crippen LogP contribution >= 0.6 is 0 Å². The van der Waals surface area contributed by atoms with Crippen LogP contribution in [-0.4, -0.2) is 29.1 Å². The van der Waals surface area contributed by atoms with E-state index < -0.39 is 23.9 Å². The van der Waals surface area contributed by atoms with Crippen LogP contribution in [0.25, 0.3) is 0 Å². The van der Waals surface area contributed by atoms with Crippen LogP contribution in [0.4, 0.5) is 0 Å². The van der Waals surface area contributed by atoms with E-state index in [1.807, 2.05) is 0 Å². The second-order valence-electron chi connectivity index (χ2n) is 5.20. The fourth-order valence-electron chi connectivity index (χ4n) is 1.85. The third-order valence-electron chi connectivity index (χ3n) is 3.19. The Morgan fingerprint density at radius 2 is 1.48 bits per heavy atom. The summed E-state index contributed by atoms with van der Waals surface area (Å²) >= 11 is 0. The highest BCUT2D eigenvalue weighted by Crippen LogP contribution is 2.09. The van der Waals surface area contributed by atoms with Gasteiger partial charge in [-0.05, 0) is 12.8 Å². The van der Waals surface area contributed by atoms with Crippen molar-refractivity contribution >= 4 is 17.9 Å². The van der Waals surface area contributed by atoms with Crippen LogP contribution in [0.15, 0.2) is 0 Å². The minimum atomic E-state index is -1.17. The lowest BCUT2D eigenvalue weighted by Crippen LogP contribution is -2.30. The normalized spacial score (nSPS) is 11.9. The number of esters is 2. The topological polar surface area (TPSA) is 107 Å². The zero-order valence-electron chi connectivity index (χ0n) is 12.8. The zero-order valence-corrected chi connectivity index (χ0v) is 12.8. The largest absolute Gasteiger partial charge is 0.480 e. The highest BCUT2D eigenvalue weighted by molar-refractivity contribution is 5.85. The molecular weight excluding hydrogens is 274 g/mol. The summed E-state index contributed by atoms with van der Waals surface area (Å²) in [4.78, 5) is 33.1. The van der Waals surface area contributed by atoms with Crippen LogP contribution in [-0.2, 0) is 19.1 Å². The van der Waals surface area contributed by atoms with Crippen LogP contribution in [0.1, 0.15) is 71.1 Å². The number of ether oxygens (including phenoxy) is 1. The van der Waals surface area contributed by atoms with Gasteiger partial charge in [0.15, 0.2) is 0 Å². The average molecular weight is 301 g/mol. The summed E-state index contributed by atoms with van der Waals surface area (Å²) in [5.74, 6) is -2.42. The Bertz CT molecular complexity index is 330. The highest BCUT2D eigenvalue weighted by atomic mass is 16.6. The maximum Gasteiger partial charge on any atom is 0.320 e. The SMILES string of the molecule is CCCCCCCCCC(=O)OC(=O)CC[C@H](N)C(=O)O. The van der Waals surface area contributed by atoms with Gasteiger partial charge in [-0.25, -0.2) is 0 Å². The minimum absolute atomic E-state index is 0.0289. The molecule has 0 amide bonds. The molecule has 0 aliphatic carbocycles. The third-order valence-corrected chi connectivity index (χ3v) is 3.19. The molecule has 0 unspecified atom stereocenters. The minimum Gasteiger partial charge on any atom is -0.480 e. The van der Waals surface area contributed by atoms with Crippen molar-refractivity contribution in [1.29, 1.82) is 0 Å². The lowest BCUT2D eigenvalue weighted by molar-refractivity contribution is -0.159. The number of carbonyl (C=O) groups excluding carboxylic acids is 2. The maximum atomic E-state index is 11.4. The molecule has 122 valence electrons. The fraction of sp³-hybridized carbons (Fsp3) is 0.800. The molecule has 0 aromatic rings. The summed E-state index contributed by atoms with van der Waals surface area (Å²) in [6.45, 7) is 2.16. The molecule has 21 heavy (non-hydrogen) atoms. The molecule has 0 aliphatic heterocycles. The van der Waals surface area contributed by atoms with Gasteiger partial charge in [-0.15, -0.1) is 0 Å². The van der Waals surface area contributed by atoms with Gasteiger partial charge in [-0.2, -0.15) is 0 Å². The fourth-order valence-corrected chi connectivity index (χ4v) is 1.85. The molecule has 0 bridgehead atoms. The number of rotatable bonds is 12. The molecule has 1 atom stereocenters. The number of aliphatic carboxylic acids is 1. The van der Waals surface area contributed by atoms with Gasteiger partial charge in [-0.1, -0.05) is 45.4 Å². The van der Waals surface area contributed by atoms with Gasteiger partial charge < -0.3 is 15.6 Å². The highest BCUT2D eigenvalue weighted by Gasteiger charge is 2.16. The van der Waals surface area contributed by atoms with Crippen LogP contribution in [0.3, 0.4) is 0 Å². The first-order chi connectivity index (χ1) is 9.97. The molecule has 0 fully saturated rings. The number of unbranched alkanes of at least 4 members (excludes halogenated alkanes) is 6. The van der Waals surface area contributed by atoms with E-state index in [4.69, 9.17) is 10.8 Å². The molecule has 0 spiro atoms. The van der Waals surface area contributed by atoms with Gasteiger partial charge in [-0.3, -0.25) is 14.4 Å². The Morgan fingerprint density at radius 3 is 2.05 bits per heavy atom. The Kier molecular flexibility index (Phi) is 11.5.